The van der Waals surface area contributed by atoms with E-state index in [1.165, 1.54) is 6.92 Å². The van der Waals surface area contributed by atoms with E-state index in [4.69, 9.17) is 15.5 Å². The van der Waals surface area contributed by atoms with Gasteiger partial charge in [0, 0.05) is 25.2 Å². The standard InChI is InChI=1S/C6H11NO2.V/c1-6(9,2-4-7)3-5-8;/h8-9H,2-3,5H2,1H3;. The van der Waals surface area contributed by atoms with E-state index >= 15 is 0 Å². The topological polar surface area (TPSA) is 64.2 Å². The molecular weight excluding hydrogens is 169 g/mol. The van der Waals surface area contributed by atoms with Gasteiger partial charge in [-0.25, -0.2) is 0 Å². The molecule has 57 valence electrons. The Morgan fingerprint density at radius 3 is 2.40 bits per heavy atom. The van der Waals surface area contributed by atoms with Crippen LogP contribution in [0, 0.1) is 11.3 Å². The maximum Gasteiger partial charge on any atom is 0.0771 e. The van der Waals surface area contributed by atoms with E-state index in [-0.39, 0.29) is 38.0 Å². The summed E-state index contributed by atoms with van der Waals surface area (Å²) >= 11 is 0. The third-order valence-corrected chi connectivity index (χ3v) is 1.11. The largest absolute Gasteiger partial charge is 0.396 e. The second-order valence-corrected chi connectivity index (χ2v) is 2.31. The molecule has 0 aromatic carbocycles. The minimum absolute atomic E-state index is 0. The average Bonchev–Trinajstić information content (AvgIpc) is 1.64. The van der Waals surface area contributed by atoms with Crippen molar-refractivity contribution < 1.29 is 28.8 Å². The number of hydrogen-bond acceptors (Lipinski definition) is 3. The van der Waals surface area contributed by atoms with Gasteiger partial charge < -0.3 is 10.2 Å². The molecule has 0 bridgehead atoms. The van der Waals surface area contributed by atoms with E-state index in [0.717, 1.165) is 0 Å². The Balaban J connectivity index is 0. The normalized spacial score (nSPS) is 14.6. The summed E-state index contributed by atoms with van der Waals surface area (Å²) in [5.74, 6) is 0. The molecule has 0 heterocycles. The SMILES string of the molecule is CC(O)(CC#N)CCO.[V]. The van der Waals surface area contributed by atoms with Crippen molar-refractivity contribution in [2.45, 2.75) is 25.4 Å². The number of hydrogen-bond donors (Lipinski definition) is 2. The quantitative estimate of drug-likeness (QED) is 0.644. The van der Waals surface area contributed by atoms with Gasteiger partial charge in [0.15, 0.2) is 0 Å². The first-order chi connectivity index (χ1) is 4.12. The summed E-state index contributed by atoms with van der Waals surface area (Å²) in [5.41, 5.74) is -1.01. The van der Waals surface area contributed by atoms with Crippen LogP contribution >= 0.6 is 0 Å². The molecule has 0 saturated carbocycles. The van der Waals surface area contributed by atoms with Gasteiger partial charge in [0.1, 0.15) is 0 Å². The molecule has 0 aliphatic carbocycles. The molecule has 10 heavy (non-hydrogen) atoms. The van der Waals surface area contributed by atoms with Crippen molar-refractivity contribution in [1.29, 1.82) is 5.26 Å². The maximum atomic E-state index is 9.13. The van der Waals surface area contributed by atoms with Crippen LogP contribution in [0.15, 0.2) is 0 Å². The summed E-state index contributed by atoms with van der Waals surface area (Å²) in [5, 5.41) is 25.6. The van der Waals surface area contributed by atoms with Gasteiger partial charge >= 0.3 is 0 Å². The van der Waals surface area contributed by atoms with Gasteiger partial charge in [-0.1, -0.05) is 0 Å². The number of nitriles is 1. The molecule has 0 rings (SSSR count). The summed E-state index contributed by atoms with van der Waals surface area (Å²) in [6, 6.07) is 1.83. The predicted octanol–water partition coefficient (Wildman–Crippen LogP) is 0.0310. The minimum atomic E-state index is -1.01. The first-order valence-corrected chi connectivity index (χ1v) is 2.82. The van der Waals surface area contributed by atoms with Gasteiger partial charge in [-0.05, 0) is 13.3 Å². The van der Waals surface area contributed by atoms with Crippen LogP contribution in [0.2, 0.25) is 0 Å². The van der Waals surface area contributed by atoms with E-state index in [1.54, 1.807) is 0 Å². The van der Waals surface area contributed by atoms with E-state index in [2.05, 4.69) is 0 Å². The van der Waals surface area contributed by atoms with E-state index < -0.39 is 5.60 Å². The molecule has 0 aliphatic rings. The van der Waals surface area contributed by atoms with Crippen molar-refractivity contribution in [3.05, 3.63) is 0 Å². The fourth-order valence-corrected chi connectivity index (χ4v) is 0.500. The first kappa shape index (κ1) is 12.7. The van der Waals surface area contributed by atoms with Crippen LogP contribution in [-0.4, -0.2) is 22.4 Å². The van der Waals surface area contributed by atoms with Gasteiger partial charge in [-0.15, -0.1) is 0 Å². The number of nitrogens with zero attached hydrogens (tertiary/aromatic N) is 1. The Morgan fingerprint density at radius 2 is 2.10 bits per heavy atom. The molecule has 4 heteroatoms. The van der Waals surface area contributed by atoms with Gasteiger partial charge in [-0.2, -0.15) is 5.26 Å². The number of aliphatic hydroxyl groups excluding tert-OH is 1. The van der Waals surface area contributed by atoms with Crippen LogP contribution in [0.3, 0.4) is 0 Å². The summed E-state index contributed by atoms with van der Waals surface area (Å²) in [6.45, 7) is 1.46. The smallest absolute Gasteiger partial charge is 0.0771 e. The van der Waals surface area contributed by atoms with Crippen molar-refractivity contribution in [2.24, 2.45) is 0 Å². The van der Waals surface area contributed by atoms with Crippen LogP contribution in [0.1, 0.15) is 19.8 Å². The molecule has 0 saturated heterocycles. The second kappa shape index (κ2) is 5.75. The Labute approximate surface area is 72.6 Å². The molecule has 0 aromatic rings. The fourth-order valence-electron chi connectivity index (χ4n) is 0.500. The Hall–Kier alpha value is -0.00558. The van der Waals surface area contributed by atoms with Crippen LogP contribution in [-0.2, 0) is 18.6 Å². The van der Waals surface area contributed by atoms with Gasteiger partial charge in [-0.3, -0.25) is 0 Å². The summed E-state index contributed by atoms with van der Waals surface area (Å²) in [4.78, 5) is 0. The zero-order valence-electron chi connectivity index (χ0n) is 5.91. The number of rotatable bonds is 3. The van der Waals surface area contributed by atoms with Crippen LogP contribution in [0.4, 0.5) is 0 Å². The van der Waals surface area contributed by atoms with Crippen LogP contribution in [0.5, 0.6) is 0 Å². The Bertz CT molecular complexity index is 119. The molecule has 0 amide bonds. The molecule has 1 atom stereocenters. The molecule has 0 fully saturated rings. The number of aliphatic hydroxyl groups is 2. The average molecular weight is 180 g/mol. The van der Waals surface area contributed by atoms with Gasteiger partial charge in [0.25, 0.3) is 0 Å². The predicted molar refractivity (Wildman–Crippen MR) is 32.6 cm³/mol. The van der Waals surface area contributed by atoms with Crippen molar-refractivity contribution in [3.8, 4) is 6.07 Å². The van der Waals surface area contributed by atoms with E-state index in [1.807, 2.05) is 6.07 Å². The monoisotopic (exact) mass is 180 g/mol. The van der Waals surface area contributed by atoms with Crippen molar-refractivity contribution in [2.75, 3.05) is 6.61 Å². The van der Waals surface area contributed by atoms with Gasteiger partial charge in [0.05, 0.1) is 18.1 Å². The third kappa shape index (κ3) is 6.12. The summed E-state index contributed by atoms with van der Waals surface area (Å²) in [7, 11) is 0. The van der Waals surface area contributed by atoms with Crippen LogP contribution < -0.4 is 0 Å². The molecule has 2 N–H and O–H groups in total. The molecule has 0 aliphatic heterocycles. The van der Waals surface area contributed by atoms with E-state index in [0.29, 0.717) is 0 Å². The fraction of sp³-hybridized carbons (Fsp3) is 0.833. The van der Waals surface area contributed by atoms with Crippen molar-refractivity contribution >= 4 is 0 Å². The van der Waals surface area contributed by atoms with E-state index in [9.17, 15) is 0 Å². The summed E-state index contributed by atoms with van der Waals surface area (Å²) < 4.78 is 0. The maximum absolute atomic E-state index is 9.13. The first-order valence-electron chi connectivity index (χ1n) is 2.82. The molecule has 0 spiro atoms. The minimum Gasteiger partial charge on any atom is -0.396 e. The molecular formula is C6H11NO2V. The zero-order valence-corrected chi connectivity index (χ0v) is 7.31. The Morgan fingerprint density at radius 1 is 1.60 bits per heavy atom. The molecule has 1 unspecified atom stereocenters. The van der Waals surface area contributed by atoms with Crippen molar-refractivity contribution in [1.82, 2.24) is 0 Å². The van der Waals surface area contributed by atoms with Gasteiger partial charge in [0.2, 0.25) is 0 Å². The van der Waals surface area contributed by atoms with Crippen LogP contribution in [0.25, 0.3) is 0 Å². The molecule has 3 nitrogen and oxygen atoms in total. The third-order valence-electron chi connectivity index (χ3n) is 1.11. The Kier molecular flexibility index (Phi) is 7.28. The summed E-state index contributed by atoms with van der Waals surface area (Å²) in [6.07, 6.45) is 0.341. The molecule has 0 aromatic heterocycles. The van der Waals surface area contributed by atoms with Crippen molar-refractivity contribution in [3.63, 3.8) is 0 Å². The molecule has 1 radical (unpaired) electrons. The zero-order chi connectivity index (χ0) is 7.33. The second-order valence-electron chi connectivity index (χ2n) is 2.31.